The van der Waals surface area contributed by atoms with Gasteiger partial charge >= 0.3 is 0 Å². The molecular formula is C17H14ClNO. The number of hydrogen-bond donors (Lipinski definition) is 0. The Bertz CT molecular complexity index is 811. The second-order valence-corrected chi connectivity index (χ2v) is 5.06. The van der Waals surface area contributed by atoms with Gasteiger partial charge in [-0.1, -0.05) is 23.7 Å². The first-order valence-corrected chi connectivity index (χ1v) is 6.77. The van der Waals surface area contributed by atoms with Crippen molar-refractivity contribution in [3.05, 3.63) is 59.6 Å². The predicted octanol–water partition coefficient (Wildman–Crippen LogP) is 4.78. The zero-order chi connectivity index (χ0) is 14.1. The quantitative estimate of drug-likeness (QED) is 0.510. The van der Waals surface area contributed by atoms with Crippen LogP contribution in [0.2, 0.25) is 5.02 Å². The molecule has 0 N–H and O–H groups in total. The van der Waals surface area contributed by atoms with Crippen molar-refractivity contribution in [1.29, 1.82) is 0 Å². The van der Waals surface area contributed by atoms with Crippen molar-refractivity contribution in [2.45, 2.75) is 6.42 Å². The fourth-order valence-corrected chi connectivity index (χ4v) is 2.64. The van der Waals surface area contributed by atoms with Gasteiger partial charge in [0.05, 0.1) is 18.1 Å². The van der Waals surface area contributed by atoms with Crippen LogP contribution >= 0.6 is 11.6 Å². The molecule has 1 heterocycles. The number of halogens is 1. The summed E-state index contributed by atoms with van der Waals surface area (Å²) in [6.07, 6.45) is 2.69. The molecule has 0 amide bonds. The average molecular weight is 284 g/mol. The molecule has 0 aliphatic heterocycles. The van der Waals surface area contributed by atoms with E-state index in [0.29, 0.717) is 5.02 Å². The van der Waals surface area contributed by atoms with E-state index < -0.39 is 0 Å². The Hall–Kier alpha value is -2.06. The molecule has 0 atom stereocenters. The van der Waals surface area contributed by atoms with Gasteiger partial charge in [0.2, 0.25) is 0 Å². The topological polar surface area (TPSA) is 22.1 Å². The minimum atomic E-state index is 0.697. The monoisotopic (exact) mass is 283 g/mol. The summed E-state index contributed by atoms with van der Waals surface area (Å²) in [5.74, 6) is 0.831. The molecule has 0 bridgehead atoms. The fraction of sp³-hybridized carbons (Fsp3) is 0.118. The van der Waals surface area contributed by atoms with E-state index in [-0.39, 0.29) is 0 Å². The van der Waals surface area contributed by atoms with Crippen LogP contribution in [0.4, 0.5) is 0 Å². The molecule has 0 fully saturated rings. The molecule has 2 nitrogen and oxygen atoms in total. The number of nitrogens with zero attached hydrogens (tertiary/aromatic N) is 1. The summed E-state index contributed by atoms with van der Waals surface area (Å²) in [6.45, 7) is 3.85. The lowest BCUT2D eigenvalue weighted by Gasteiger charge is -2.11. The third-order valence-corrected chi connectivity index (χ3v) is 3.64. The molecule has 0 aliphatic rings. The van der Waals surface area contributed by atoms with Crippen molar-refractivity contribution in [3.8, 4) is 5.75 Å². The van der Waals surface area contributed by atoms with Crippen LogP contribution in [-0.2, 0) is 6.42 Å². The van der Waals surface area contributed by atoms with Gasteiger partial charge in [-0.3, -0.25) is 0 Å². The zero-order valence-corrected chi connectivity index (χ0v) is 11.9. The summed E-state index contributed by atoms with van der Waals surface area (Å²) in [4.78, 5) is 4.68. The molecule has 3 aromatic rings. The highest BCUT2D eigenvalue weighted by Crippen LogP contribution is 2.30. The fourth-order valence-electron chi connectivity index (χ4n) is 2.47. The van der Waals surface area contributed by atoms with Crippen LogP contribution in [0, 0.1) is 0 Å². The molecule has 0 aliphatic carbocycles. The van der Waals surface area contributed by atoms with Crippen LogP contribution in [0.5, 0.6) is 5.75 Å². The Morgan fingerprint density at radius 2 is 2.00 bits per heavy atom. The predicted molar refractivity (Wildman–Crippen MR) is 84.7 cm³/mol. The van der Waals surface area contributed by atoms with E-state index in [4.69, 9.17) is 16.3 Å². The lowest BCUT2D eigenvalue weighted by Crippen LogP contribution is -1.93. The number of benzene rings is 2. The summed E-state index contributed by atoms with van der Waals surface area (Å²) < 4.78 is 5.31. The van der Waals surface area contributed by atoms with E-state index >= 15 is 0 Å². The molecule has 0 radical (unpaired) electrons. The molecule has 0 spiro atoms. The second-order valence-electron chi connectivity index (χ2n) is 4.63. The van der Waals surface area contributed by atoms with Gasteiger partial charge in [-0.25, -0.2) is 4.98 Å². The molecule has 3 rings (SSSR count). The average Bonchev–Trinajstić information content (AvgIpc) is 2.46. The largest absolute Gasteiger partial charge is 0.497 e. The van der Waals surface area contributed by atoms with Crippen molar-refractivity contribution in [3.63, 3.8) is 0 Å². The Morgan fingerprint density at radius 3 is 2.75 bits per heavy atom. The van der Waals surface area contributed by atoms with Crippen LogP contribution in [0.15, 0.2) is 49.1 Å². The van der Waals surface area contributed by atoms with Gasteiger partial charge < -0.3 is 4.74 Å². The second kappa shape index (κ2) is 5.14. The highest BCUT2D eigenvalue weighted by Gasteiger charge is 2.09. The van der Waals surface area contributed by atoms with Crippen molar-refractivity contribution in [1.82, 2.24) is 4.98 Å². The molecule has 20 heavy (non-hydrogen) atoms. The highest BCUT2D eigenvalue weighted by molar-refractivity contribution is 6.31. The maximum atomic E-state index is 6.07. The van der Waals surface area contributed by atoms with Crippen molar-refractivity contribution in [2.24, 2.45) is 0 Å². The Morgan fingerprint density at radius 1 is 1.15 bits per heavy atom. The lowest BCUT2D eigenvalue weighted by molar-refractivity contribution is 0.415. The number of allylic oxidation sites excluding steroid dienone is 1. The molecule has 2 aromatic carbocycles. The Balaban J connectivity index is 2.44. The van der Waals surface area contributed by atoms with Crippen LogP contribution in [0.3, 0.4) is 0 Å². The summed E-state index contributed by atoms with van der Waals surface area (Å²) in [5.41, 5.74) is 3.06. The SMILES string of the molecule is C=CCc1c2ccc(Cl)cc2nc2ccc(OC)cc12. The molecule has 0 unspecified atom stereocenters. The number of methoxy groups -OCH3 is 1. The number of rotatable bonds is 3. The number of pyridine rings is 1. The molecular weight excluding hydrogens is 270 g/mol. The maximum Gasteiger partial charge on any atom is 0.119 e. The van der Waals surface area contributed by atoms with Crippen molar-refractivity contribution < 1.29 is 4.74 Å². The van der Waals surface area contributed by atoms with E-state index in [1.54, 1.807) is 7.11 Å². The van der Waals surface area contributed by atoms with E-state index in [1.807, 2.05) is 42.5 Å². The van der Waals surface area contributed by atoms with Crippen molar-refractivity contribution in [2.75, 3.05) is 7.11 Å². The first kappa shape index (κ1) is 12.9. The van der Waals surface area contributed by atoms with E-state index in [1.165, 1.54) is 5.56 Å². The van der Waals surface area contributed by atoms with Gasteiger partial charge in [0.1, 0.15) is 5.75 Å². The number of ether oxygens (including phenoxy) is 1. The van der Waals surface area contributed by atoms with Gasteiger partial charge in [0.15, 0.2) is 0 Å². The summed E-state index contributed by atoms with van der Waals surface area (Å²) in [6, 6.07) is 11.7. The summed E-state index contributed by atoms with van der Waals surface area (Å²) >= 11 is 6.07. The Kier molecular flexibility index (Phi) is 3.33. The van der Waals surface area contributed by atoms with Gasteiger partial charge in [0.25, 0.3) is 0 Å². The van der Waals surface area contributed by atoms with E-state index in [0.717, 1.165) is 34.0 Å². The highest BCUT2D eigenvalue weighted by atomic mass is 35.5. The summed E-state index contributed by atoms with van der Waals surface area (Å²) in [5, 5.41) is 2.90. The molecule has 1 aromatic heterocycles. The molecule has 0 saturated carbocycles. The molecule has 3 heteroatoms. The standard InChI is InChI=1S/C17H14ClNO/c1-3-4-13-14-7-5-11(18)9-17(14)19-16-8-6-12(20-2)10-15(13)16/h3,5-10H,1,4H2,2H3. The molecule has 100 valence electrons. The minimum Gasteiger partial charge on any atom is -0.497 e. The van der Waals surface area contributed by atoms with Gasteiger partial charge in [-0.2, -0.15) is 0 Å². The van der Waals surface area contributed by atoms with Crippen LogP contribution in [-0.4, -0.2) is 12.1 Å². The van der Waals surface area contributed by atoms with Crippen LogP contribution in [0.1, 0.15) is 5.56 Å². The third kappa shape index (κ3) is 2.12. The number of aromatic nitrogens is 1. The van der Waals surface area contributed by atoms with Crippen molar-refractivity contribution >= 4 is 33.4 Å². The van der Waals surface area contributed by atoms with Gasteiger partial charge in [0, 0.05) is 15.8 Å². The van der Waals surface area contributed by atoms with Crippen LogP contribution < -0.4 is 4.74 Å². The first-order chi connectivity index (χ1) is 9.72. The van der Waals surface area contributed by atoms with Crippen LogP contribution in [0.25, 0.3) is 21.8 Å². The zero-order valence-electron chi connectivity index (χ0n) is 11.2. The summed E-state index contributed by atoms with van der Waals surface area (Å²) in [7, 11) is 1.67. The Labute approximate surface area is 122 Å². The minimum absolute atomic E-state index is 0.697. The first-order valence-electron chi connectivity index (χ1n) is 6.39. The normalized spacial score (nSPS) is 10.9. The van der Waals surface area contributed by atoms with Gasteiger partial charge in [-0.15, -0.1) is 6.58 Å². The smallest absolute Gasteiger partial charge is 0.119 e. The van der Waals surface area contributed by atoms with E-state index in [2.05, 4.69) is 11.6 Å². The lowest BCUT2D eigenvalue weighted by atomic mass is 10.00. The number of hydrogen-bond acceptors (Lipinski definition) is 2. The molecule has 0 saturated heterocycles. The number of fused-ring (bicyclic) bond motifs is 2. The third-order valence-electron chi connectivity index (χ3n) is 3.40. The maximum absolute atomic E-state index is 6.07. The van der Waals surface area contributed by atoms with Gasteiger partial charge in [-0.05, 0) is 42.3 Å². The van der Waals surface area contributed by atoms with E-state index in [9.17, 15) is 0 Å².